The molecule has 0 radical (unpaired) electrons. The first-order valence-corrected chi connectivity index (χ1v) is 8.33. The molecular formula is C17H23N5O. The van der Waals surface area contributed by atoms with Crippen LogP contribution in [0.3, 0.4) is 0 Å². The van der Waals surface area contributed by atoms with Crippen molar-refractivity contribution in [2.24, 2.45) is 0 Å². The van der Waals surface area contributed by atoms with Crippen LogP contribution in [0.15, 0.2) is 43.0 Å². The maximum Gasteiger partial charge on any atom is 0.137 e. The van der Waals surface area contributed by atoms with Gasteiger partial charge in [0.25, 0.3) is 0 Å². The first-order chi connectivity index (χ1) is 11.4. The summed E-state index contributed by atoms with van der Waals surface area (Å²) < 4.78 is 7.91. The molecule has 2 aliphatic heterocycles. The molecule has 6 heteroatoms. The first kappa shape index (κ1) is 14.8. The van der Waals surface area contributed by atoms with Crippen LogP contribution in [0, 0.1) is 0 Å². The van der Waals surface area contributed by atoms with Crippen LogP contribution in [0.5, 0.6) is 0 Å². The molecule has 2 saturated heterocycles. The molecule has 1 aromatic carbocycles. The molecule has 2 fully saturated rings. The van der Waals surface area contributed by atoms with Gasteiger partial charge in [0, 0.05) is 32.7 Å². The third-order valence-corrected chi connectivity index (χ3v) is 4.83. The van der Waals surface area contributed by atoms with Gasteiger partial charge in [-0.3, -0.25) is 14.5 Å². The summed E-state index contributed by atoms with van der Waals surface area (Å²) in [6, 6.07) is 11.2. The highest BCUT2D eigenvalue weighted by Gasteiger charge is 2.39. The molecule has 0 saturated carbocycles. The van der Waals surface area contributed by atoms with Gasteiger partial charge in [0.1, 0.15) is 12.7 Å². The second-order valence-electron chi connectivity index (χ2n) is 6.35. The highest BCUT2D eigenvalue weighted by molar-refractivity contribution is 5.15. The number of likely N-dealkylation sites (tertiary alicyclic amines) is 1. The average Bonchev–Trinajstić information content (AvgIpc) is 3.23. The van der Waals surface area contributed by atoms with Crippen molar-refractivity contribution in [3.05, 3.63) is 48.5 Å². The highest BCUT2D eigenvalue weighted by atomic mass is 16.5. The molecule has 2 aliphatic rings. The zero-order chi connectivity index (χ0) is 15.5. The largest absolute Gasteiger partial charge is 0.374 e. The monoisotopic (exact) mass is 313 g/mol. The number of aromatic nitrogens is 3. The molecule has 6 nitrogen and oxygen atoms in total. The van der Waals surface area contributed by atoms with Gasteiger partial charge < -0.3 is 4.74 Å². The summed E-state index contributed by atoms with van der Waals surface area (Å²) in [5, 5.41) is 4.18. The molecule has 3 heterocycles. The molecule has 2 aromatic rings. The van der Waals surface area contributed by atoms with Gasteiger partial charge in [-0.25, -0.2) is 4.98 Å². The van der Waals surface area contributed by atoms with Crippen molar-refractivity contribution in [1.29, 1.82) is 0 Å². The van der Waals surface area contributed by atoms with E-state index in [1.54, 1.807) is 12.7 Å². The van der Waals surface area contributed by atoms with Crippen LogP contribution in [-0.4, -0.2) is 69.5 Å². The quantitative estimate of drug-likeness (QED) is 0.819. The van der Waals surface area contributed by atoms with E-state index in [2.05, 4.69) is 50.2 Å². The molecule has 0 N–H and O–H groups in total. The standard InChI is InChI=1S/C17H23N5O/c1-2-4-15(5-3-1)10-21-8-9-23-17-12-20(11-16(17)21)6-7-22-14-18-13-19-22/h1-5,13-14,16-17H,6-12H2/t16-,17-/m0/s1. The molecule has 4 rings (SSSR count). The number of rotatable bonds is 5. The highest BCUT2D eigenvalue weighted by Crippen LogP contribution is 2.24. The van der Waals surface area contributed by atoms with E-state index in [9.17, 15) is 0 Å². The second kappa shape index (κ2) is 6.78. The number of benzene rings is 1. The number of nitrogens with zero attached hydrogens (tertiary/aromatic N) is 5. The second-order valence-corrected chi connectivity index (χ2v) is 6.35. The molecule has 0 amide bonds. The molecule has 122 valence electrons. The van der Waals surface area contributed by atoms with Gasteiger partial charge in [0.15, 0.2) is 0 Å². The number of ether oxygens (including phenoxy) is 1. The number of morpholine rings is 1. The number of fused-ring (bicyclic) bond motifs is 1. The Labute approximate surface area is 136 Å². The Hall–Kier alpha value is -1.76. The van der Waals surface area contributed by atoms with E-state index in [-0.39, 0.29) is 0 Å². The van der Waals surface area contributed by atoms with Crippen LogP contribution in [-0.2, 0) is 17.8 Å². The minimum atomic E-state index is 0.336. The lowest BCUT2D eigenvalue weighted by molar-refractivity contribution is -0.0504. The first-order valence-electron chi connectivity index (χ1n) is 8.33. The smallest absolute Gasteiger partial charge is 0.137 e. The molecular weight excluding hydrogens is 290 g/mol. The fraction of sp³-hybridized carbons (Fsp3) is 0.529. The molecule has 1 aromatic heterocycles. The zero-order valence-electron chi connectivity index (χ0n) is 13.3. The van der Waals surface area contributed by atoms with Crippen LogP contribution in [0.2, 0.25) is 0 Å². The van der Waals surface area contributed by atoms with Crippen molar-refractivity contribution in [1.82, 2.24) is 24.6 Å². The fourth-order valence-corrected chi connectivity index (χ4v) is 3.62. The summed E-state index contributed by atoms with van der Waals surface area (Å²) in [6.45, 7) is 6.86. The van der Waals surface area contributed by atoms with Gasteiger partial charge in [-0.15, -0.1) is 0 Å². The van der Waals surface area contributed by atoms with E-state index >= 15 is 0 Å². The van der Waals surface area contributed by atoms with Crippen molar-refractivity contribution in [2.45, 2.75) is 25.2 Å². The normalized spacial score (nSPS) is 25.6. The predicted octanol–water partition coefficient (Wildman–Crippen LogP) is 0.863. The van der Waals surface area contributed by atoms with E-state index in [0.29, 0.717) is 12.1 Å². The van der Waals surface area contributed by atoms with Crippen LogP contribution in [0.4, 0.5) is 0 Å². The van der Waals surface area contributed by atoms with Gasteiger partial charge in [-0.1, -0.05) is 30.3 Å². The zero-order valence-corrected chi connectivity index (χ0v) is 13.3. The molecule has 0 spiro atoms. The van der Waals surface area contributed by atoms with Crippen molar-refractivity contribution >= 4 is 0 Å². The van der Waals surface area contributed by atoms with E-state index < -0.39 is 0 Å². The third kappa shape index (κ3) is 3.44. The predicted molar refractivity (Wildman–Crippen MR) is 86.8 cm³/mol. The molecule has 0 aliphatic carbocycles. The Balaban J connectivity index is 1.36. The van der Waals surface area contributed by atoms with Gasteiger partial charge in [0.2, 0.25) is 0 Å². The van der Waals surface area contributed by atoms with Gasteiger partial charge in [-0.2, -0.15) is 5.10 Å². The Morgan fingerprint density at radius 3 is 2.87 bits per heavy atom. The van der Waals surface area contributed by atoms with Crippen LogP contribution in [0.1, 0.15) is 5.56 Å². The Kier molecular flexibility index (Phi) is 4.37. The van der Waals surface area contributed by atoms with E-state index in [1.807, 2.05) is 4.68 Å². The minimum Gasteiger partial charge on any atom is -0.374 e. The SMILES string of the molecule is c1ccc(CN2CCO[C@H]3CN(CCn4cncn4)C[C@@H]32)cc1. The van der Waals surface area contributed by atoms with Crippen LogP contribution < -0.4 is 0 Å². The van der Waals surface area contributed by atoms with Crippen molar-refractivity contribution in [2.75, 3.05) is 32.8 Å². The summed E-state index contributed by atoms with van der Waals surface area (Å²) in [4.78, 5) is 9.07. The minimum absolute atomic E-state index is 0.336. The lowest BCUT2D eigenvalue weighted by Gasteiger charge is -2.37. The maximum atomic E-state index is 6.02. The molecule has 23 heavy (non-hydrogen) atoms. The summed E-state index contributed by atoms with van der Waals surface area (Å²) in [5.41, 5.74) is 1.38. The average molecular weight is 313 g/mol. The molecule has 0 bridgehead atoms. The van der Waals surface area contributed by atoms with Gasteiger partial charge in [-0.05, 0) is 5.56 Å². The van der Waals surface area contributed by atoms with Crippen molar-refractivity contribution in [3.63, 3.8) is 0 Å². The Morgan fingerprint density at radius 2 is 2.04 bits per heavy atom. The van der Waals surface area contributed by atoms with E-state index in [0.717, 1.165) is 45.9 Å². The lowest BCUT2D eigenvalue weighted by Crippen LogP contribution is -2.50. The van der Waals surface area contributed by atoms with E-state index in [1.165, 1.54) is 5.56 Å². The Morgan fingerprint density at radius 1 is 1.13 bits per heavy atom. The van der Waals surface area contributed by atoms with Crippen molar-refractivity contribution in [3.8, 4) is 0 Å². The number of hydrogen-bond acceptors (Lipinski definition) is 5. The maximum absolute atomic E-state index is 6.02. The number of hydrogen-bond donors (Lipinski definition) is 0. The van der Waals surface area contributed by atoms with Gasteiger partial charge in [0.05, 0.1) is 25.3 Å². The van der Waals surface area contributed by atoms with Crippen LogP contribution in [0.25, 0.3) is 0 Å². The lowest BCUT2D eigenvalue weighted by atomic mass is 10.1. The van der Waals surface area contributed by atoms with Crippen molar-refractivity contribution < 1.29 is 4.74 Å². The van der Waals surface area contributed by atoms with Gasteiger partial charge >= 0.3 is 0 Å². The fourth-order valence-electron chi connectivity index (χ4n) is 3.62. The van der Waals surface area contributed by atoms with E-state index in [4.69, 9.17) is 4.74 Å². The summed E-state index contributed by atoms with van der Waals surface area (Å²) in [5.74, 6) is 0. The topological polar surface area (TPSA) is 46.4 Å². The molecule has 0 unspecified atom stereocenters. The Bertz CT molecular complexity index is 603. The van der Waals surface area contributed by atoms with Crippen LogP contribution >= 0.6 is 0 Å². The third-order valence-electron chi connectivity index (χ3n) is 4.83. The summed E-state index contributed by atoms with van der Waals surface area (Å²) in [6.07, 6.45) is 3.71. The molecule has 2 atom stereocenters. The summed E-state index contributed by atoms with van der Waals surface area (Å²) >= 11 is 0. The summed E-state index contributed by atoms with van der Waals surface area (Å²) in [7, 11) is 0.